The molecule has 0 fully saturated rings. The minimum Gasteiger partial charge on any atom is -0.270 e. The lowest BCUT2D eigenvalue weighted by molar-refractivity contribution is 0.887. The maximum atomic E-state index is 4.38. The van der Waals surface area contributed by atoms with Gasteiger partial charge in [0.15, 0.2) is 11.0 Å². The van der Waals surface area contributed by atoms with Crippen LogP contribution in [0.1, 0.15) is 6.92 Å². The van der Waals surface area contributed by atoms with Gasteiger partial charge in [-0.15, -0.1) is 10.2 Å². The molecule has 0 radical (unpaired) electrons. The van der Waals surface area contributed by atoms with Gasteiger partial charge < -0.3 is 0 Å². The molecule has 0 aliphatic rings. The SMILES string of the molecule is C=C(C)CSc1nnc(-c2ccncc2)n1-c1ccccc1. The Hall–Kier alpha value is -2.40. The van der Waals surface area contributed by atoms with E-state index in [9.17, 15) is 0 Å². The lowest BCUT2D eigenvalue weighted by Crippen LogP contribution is -2.00. The van der Waals surface area contributed by atoms with E-state index in [-0.39, 0.29) is 0 Å². The van der Waals surface area contributed by atoms with E-state index in [2.05, 4.69) is 38.5 Å². The number of rotatable bonds is 5. The molecule has 0 aliphatic heterocycles. The highest BCUT2D eigenvalue weighted by molar-refractivity contribution is 7.99. The summed E-state index contributed by atoms with van der Waals surface area (Å²) >= 11 is 1.64. The summed E-state index contributed by atoms with van der Waals surface area (Å²) in [6.07, 6.45) is 3.53. The van der Waals surface area contributed by atoms with Gasteiger partial charge in [-0.25, -0.2) is 0 Å². The second-order valence-corrected chi connectivity index (χ2v) is 5.90. The van der Waals surface area contributed by atoms with Crippen molar-refractivity contribution in [2.24, 2.45) is 0 Å². The van der Waals surface area contributed by atoms with Gasteiger partial charge in [-0.2, -0.15) is 0 Å². The fourth-order valence-electron chi connectivity index (χ4n) is 2.05. The van der Waals surface area contributed by atoms with Gasteiger partial charge in [0.25, 0.3) is 0 Å². The monoisotopic (exact) mass is 308 g/mol. The lowest BCUT2D eigenvalue weighted by atomic mass is 10.2. The largest absolute Gasteiger partial charge is 0.270 e. The molecule has 1 aromatic carbocycles. The van der Waals surface area contributed by atoms with E-state index >= 15 is 0 Å². The Morgan fingerprint density at radius 3 is 2.50 bits per heavy atom. The number of aromatic nitrogens is 4. The molecule has 0 unspecified atom stereocenters. The molecule has 0 spiro atoms. The number of nitrogens with zero attached hydrogens (tertiary/aromatic N) is 4. The smallest absolute Gasteiger partial charge is 0.196 e. The topological polar surface area (TPSA) is 43.6 Å². The van der Waals surface area contributed by atoms with Gasteiger partial charge in [0, 0.05) is 29.4 Å². The minimum absolute atomic E-state index is 0.817. The van der Waals surface area contributed by atoms with E-state index < -0.39 is 0 Å². The molecule has 0 bridgehead atoms. The first-order valence-electron chi connectivity index (χ1n) is 6.94. The molecule has 0 aliphatic carbocycles. The Balaban J connectivity index is 2.09. The Kier molecular flexibility index (Phi) is 4.34. The average molecular weight is 308 g/mol. The molecule has 0 amide bonds. The first kappa shape index (κ1) is 14.5. The van der Waals surface area contributed by atoms with Crippen LogP contribution in [0.5, 0.6) is 0 Å². The normalized spacial score (nSPS) is 10.6. The molecular weight excluding hydrogens is 292 g/mol. The van der Waals surface area contributed by atoms with Gasteiger partial charge in [0.1, 0.15) is 0 Å². The van der Waals surface area contributed by atoms with Crippen molar-refractivity contribution < 1.29 is 0 Å². The van der Waals surface area contributed by atoms with Crippen molar-refractivity contribution in [3.63, 3.8) is 0 Å². The second-order valence-electron chi connectivity index (χ2n) is 4.96. The first-order valence-corrected chi connectivity index (χ1v) is 7.92. The molecule has 0 atom stereocenters. The Labute approximate surface area is 133 Å². The number of thioether (sulfide) groups is 1. The van der Waals surface area contributed by atoms with E-state index in [0.29, 0.717) is 0 Å². The zero-order valence-corrected chi connectivity index (χ0v) is 13.1. The third-order valence-corrected chi connectivity index (χ3v) is 4.19. The highest BCUT2D eigenvalue weighted by Gasteiger charge is 2.15. The van der Waals surface area contributed by atoms with Crippen molar-refractivity contribution in [1.82, 2.24) is 19.7 Å². The molecule has 0 N–H and O–H groups in total. The van der Waals surface area contributed by atoms with Gasteiger partial charge in [0.2, 0.25) is 0 Å². The maximum Gasteiger partial charge on any atom is 0.196 e. The van der Waals surface area contributed by atoms with Crippen molar-refractivity contribution in [2.75, 3.05) is 5.75 Å². The molecule has 0 saturated heterocycles. The van der Waals surface area contributed by atoms with Crippen LogP contribution in [0.15, 0.2) is 72.2 Å². The summed E-state index contributed by atoms with van der Waals surface area (Å²) in [5.74, 6) is 1.64. The molecule has 5 heteroatoms. The van der Waals surface area contributed by atoms with E-state index in [4.69, 9.17) is 0 Å². The maximum absolute atomic E-state index is 4.38. The summed E-state index contributed by atoms with van der Waals surface area (Å²) in [6, 6.07) is 14.0. The van der Waals surface area contributed by atoms with E-state index in [1.807, 2.05) is 37.3 Å². The van der Waals surface area contributed by atoms with Crippen LogP contribution in [0.25, 0.3) is 17.1 Å². The quantitative estimate of drug-likeness (QED) is 0.528. The molecule has 0 saturated carbocycles. The zero-order valence-electron chi connectivity index (χ0n) is 12.3. The number of para-hydroxylation sites is 1. The van der Waals surface area contributed by atoms with E-state index in [0.717, 1.165) is 33.6 Å². The van der Waals surface area contributed by atoms with Crippen LogP contribution in [-0.4, -0.2) is 25.5 Å². The van der Waals surface area contributed by atoms with Crippen molar-refractivity contribution in [2.45, 2.75) is 12.1 Å². The summed E-state index contributed by atoms with van der Waals surface area (Å²) in [5, 5.41) is 9.59. The summed E-state index contributed by atoms with van der Waals surface area (Å²) in [4.78, 5) is 4.07. The van der Waals surface area contributed by atoms with Crippen LogP contribution >= 0.6 is 11.8 Å². The Morgan fingerprint density at radius 1 is 1.09 bits per heavy atom. The predicted molar refractivity (Wildman–Crippen MR) is 90.1 cm³/mol. The molecule has 110 valence electrons. The van der Waals surface area contributed by atoms with Crippen molar-refractivity contribution >= 4 is 11.8 Å². The molecule has 22 heavy (non-hydrogen) atoms. The third-order valence-electron chi connectivity index (χ3n) is 3.03. The van der Waals surface area contributed by atoms with E-state index in [1.54, 1.807) is 24.2 Å². The van der Waals surface area contributed by atoms with Crippen LogP contribution in [0.4, 0.5) is 0 Å². The fraction of sp³-hybridized carbons (Fsp3) is 0.118. The molecule has 4 nitrogen and oxygen atoms in total. The summed E-state index contributed by atoms with van der Waals surface area (Å²) in [6.45, 7) is 5.96. The van der Waals surface area contributed by atoms with Crippen LogP contribution in [0, 0.1) is 0 Å². The number of hydrogen-bond donors (Lipinski definition) is 0. The van der Waals surface area contributed by atoms with Gasteiger partial charge >= 0.3 is 0 Å². The van der Waals surface area contributed by atoms with Crippen LogP contribution < -0.4 is 0 Å². The van der Waals surface area contributed by atoms with Gasteiger partial charge in [-0.05, 0) is 31.2 Å². The van der Waals surface area contributed by atoms with Crippen LogP contribution in [0.2, 0.25) is 0 Å². The highest BCUT2D eigenvalue weighted by Crippen LogP contribution is 2.28. The Bertz CT molecular complexity index is 766. The highest BCUT2D eigenvalue weighted by atomic mass is 32.2. The summed E-state index contributed by atoms with van der Waals surface area (Å²) < 4.78 is 2.07. The minimum atomic E-state index is 0.817. The Morgan fingerprint density at radius 2 is 1.82 bits per heavy atom. The molecular formula is C17H16N4S. The predicted octanol–water partition coefficient (Wildman–Crippen LogP) is 4.00. The lowest BCUT2D eigenvalue weighted by Gasteiger charge is -2.10. The molecule has 3 aromatic rings. The standard InChI is InChI=1S/C17H16N4S/c1-13(2)12-22-17-20-19-16(14-8-10-18-11-9-14)21(17)15-6-4-3-5-7-15/h3-11H,1,12H2,2H3. The van der Waals surface area contributed by atoms with Gasteiger partial charge in [-0.3, -0.25) is 9.55 Å². The fourth-order valence-corrected chi connectivity index (χ4v) is 2.84. The molecule has 2 aromatic heterocycles. The zero-order chi connectivity index (χ0) is 15.4. The molecule has 3 rings (SSSR count). The second kappa shape index (κ2) is 6.58. The number of pyridine rings is 1. The first-order chi connectivity index (χ1) is 10.8. The van der Waals surface area contributed by atoms with Crippen molar-refractivity contribution in [1.29, 1.82) is 0 Å². The summed E-state index contributed by atoms with van der Waals surface area (Å²) in [5.41, 5.74) is 3.15. The number of benzene rings is 1. The third kappa shape index (κ3) is 3.09. The van der Waals surface area contributed by atoms with E-state index in [1.165, 1.54) is 0 Å². The van der Waals surface area contributed by atoms with Gasteiger partial charge in [0.05, 0.1) is 0 Å². The average Bonchev–Trinajstić information content (AvgIpc) is 2.98. The van der Waals surface area contributed by atoms with Crippen LogP contribution in [0.3, 0.4) is 0 Å². The summed E-state index contributed by atoms with van der Waals surface area (Å²) in [7, 11) is 0. The van der Waals surface area contributed by atoms with Crippen LogP contribution in [-0.2, 0) is 0 Å². The molecule has 2 heterocycles. The van der Waals surface area contributed by atoms with Gasteiger partial charge in [-0.1, -0.05) is 42.1 Å². The van der Waals surface area contributed by atoms with Crippen molar-refractivity contribution in [3.05, 3.63) is 67.0 Å². The van der Waals surface area contributed by atoms with Crippen molar-refractivity contribution in [3.8, 4) is 17.1 Å². The number of hydrogen-bond acceptors (Lipinski definition) is 4.